The van der Waals surface area contributed by atoms with Crippen molar-refractivity contribution in [2.75, 3.05) is 0 Å². The summed E-state index contributed by atoms with van der Waals surface area (Å²) in [7, 11) is 0. The fourth-order valence-corrected chi connectivity index (χ4v) is 2.64. The average molecular weight is 235 g/mol. The van der Waals surface area contributed by atoms with Gasteiger partial charge in [-0.05, 0) is 32.3 Å². The van der Waals surface area contributed by atoms with Gasteiger partial charge in [0.25, 0.3) is 0 Å². The molecule has 1 aliphatic rings. The van der Waals surface area contributed by atoms with Crippen LogP contribution in [-0.2, 0) is 0 Å². The lowest BCUT2D eigenvalue weighted by atomic mass is 9.81. The Morgan fingerprint density at radius 3 is 2.59 bits per heavy atom. The zero-order chi connectivity index (χ0) is 12.3. The molecule has 1 N–H and O–H groups in total. The van der Waals surface area contributed by atoms with Gasteiger partial charge in [-0.25, -0.2) is 4.39 Å². The first kappa shape index (κ1) is 12.6. The van der Waals surface area contributed by atoms with Crippen molar-refractivity contribution in [1.82, 2.24) is 5.32 Å². The molecule has 2 atom stereocenters. The number of benzene rings is 1. The maximum Gasteiger partial charge on any atom is 0.127 e. The van der Waals surface area contributed by atoms with E-state index in [0.29, 0.717) is 6.04 Å². The molecule has 0 radical (unpaired) electrons. The van der Waals surface area contributed by atoms with Crippen LogP contribution in [0.1, 0.15) is 51.1 Å². The van der Waals surface area contributed by atoms with Crippen LogP contribution in [0.15, 0.2) is 24.3 Å². The van der Waals surface area contributed by atoms with Crippen LogP contribution in [0.25, 0.3) is 0 Å². The Labute approximate surface area is 103 Å². The van der Waals surface area contributed by atoms with Crippen LogP contribution in [0.5, 0.6) is 0 Å². The molecule has 0 bridgehead atoms. The topological polar surface area (TPSA) is 12.0 Å². The summed E-state index contributed by atoms with van der Waals surface area (Å²) in [5.41, 5.74) is 0.771. The van der Waals surface area contributed by atoms with E-state index in [1.807, 2.05) is 19.1 Å². The van der Waals surface area contributed by atoms with Crippen molar-refractivity contribution in [1.29, 1.82) is 0 Å². The smallest absolute Gasteiger partial charge is 0.127 e. The van der Waals surface area contributed by atoms with Crippen LogP contribution >= 0.6 is 0 Å². The molecule has 1 aliphatic carbocycles. The Bertz CT molecular complexity index is 360. The van der Waals surface area contributed by atoms with E-state index in [1.165, 1.54) is 31.7 Å². The Morgan fingerprint density at radius 2 is 2.00 bits per heavy atom. The molecule has 1 aromatic carbocycles. The maximum absolute atomic E-state index is 13.6. The zero-order valence-corrected chi connectivity index (χ0v) is 10.7. The molecule has 0 spiro atoms. The fourth-order valence-electron chi connectivity index (χ4n) is 2.64. The van der Waals surface area contributed by atoms with E-state index < -0.39 is 0 Å². The Kier molecular flexibility index (Phi) is 4.16. The number of hydrogen-bond acceptors (Lipinski definition) is 1. The van der Waals surface area contributed by atoms with Gasteiger partial charge in [0.1, 0.15) is 5.82 Å². The quantitative estimate of drug-likeness (QED) is 0.811. The maximum atomic E-state index is 13.6. The fraction of sp³-hybridized carbons (Fsp3) is 0.600. The SMILES string of the molecule is CC(CC1CCC1)NC(C)c1ccccc1F. The average Bonchev–Trinajstić information content (AvgIpc) is 2.24. The summed E-state index contributed by atoms with van der Waals surface area (Å²) in [6, 6.07) is 7.59. The highest BCUT2D eigenvalue weighted by molar-refractivity contribution is 5.20. The van der Waals surface area contributed by atoms with Gasteiger partial charge in [0, 0.05) is 17.6 Å². The number of halogens is 1. The first-order chi connectivity index (χ1) is 8.16. The van der Waals surface area contributed by atoms with Gasteiger partial charge in [-0.3, -0.25) is 0 Å². The summed E-state index contributed by atoms with van der Waals surface area (Å²) in [5.74, 6) is 0.786. The second-order valence-electron chi connectivity index (χ2n) is 5.34. The molecule has 1 fully saturated rings. The van der Waals surface area contributed by atoms with Gasteiger partial charge in [0.05, 0.1) is 0 Å². The molecule has 2 heteroatoms. The summed E-state index contributed by atoms with van der Waals surface area (Å²) in [6.07, 6.45) is 5.36. The van der Waals surface area contributed by atoms with Gasteiger partial charge in [0.15, 0.2) is 0 Å². The van der Waals surface area contributed by atoms with Crippen LogP contribution in [0.4, 0.5) is 4.39 Å². The van der Waals surface area contributed by atoms with E-state index in [1.54, 1.807) is 6.07 Å². The minimum Gasteiger partial charge on any atom is -0.308 e. The van der Waals surface area contributed by atoms with E-state index in [2.05, 4.69) is 12.2 Å². The van der Waals surface area contributed by atoms with Crippen LogP contribution in [0.2, 0.25) is 0 Å². The van der Waals surface area contributed by atoms with Crippen molar-refractivity contribution in [3.05, 3.63) is 35.6 Å². The second kappa shape index (κ2) is 5.63. The summed E-state index contributed by atoms with van der Waals surface area (Å²) in [4.78, 5) is 0. The lowest BCUT2D eigenvalue weighted by Crippen LogP contribution is -2.32. The van der Waals surface area contributed by atoms with Crippen LogP contribution < -0.4 is 5.32 Å². The Balaban J connectivity index is 1.87. The highest BCUT2D eigenvalue weighted by atomic mass is 19.1. The van der Waals surface area contributed by atoms with Crippen molar-refractivity contribution in [3.8, 4) is 0 Å². The van der Waals surface area contributed by atoms with Gasteiger partial charge in [-0.2, -0.15) is 0 Å². The van der Waals surface area contributed by atoms with Crippen LogP contribution in [0.3, 0.4) is 0 Å². The highest BCUT2D eigenvalue weighted by Crippen LogP contribution is 2.31. The van der Waals surface area contributed by atoms with Gasteiger partial charge in [-0.1, -0.05) is 37.5 Å². The highest BCUT2D eigenvalue weighted by Gasteiger charge is 2.21. The van der Waals surface area contributed by atoms with E-state index in [9.17, 15) is 4.39 Å². The third kappa shape index (κ3) is 3.29. The first-order valence-electron chi connectivity index (χ1n) is 6.67. The van der Waals surface area contributed by atoms with E-state index in [4.69, 9.17) is 0 Å². The molecule has 2 unspecified atom stereocenters. The molecule has 17 heavy (non-hydrogen) atoms. The largest absolute Gasteiger partial charge is 0.308 e. The van der Waals surface area contributed by atoms with E-state index in [0.717, 1.165) is 11.5 Å². The predicted molar refractivity (Wildman–Crippen MR) is 69.4 cm³/mol. The number of hydrogen-bond donors (Lipinski definition) is 1. The lowest BCUT2D eigenvalue weighted by Gasteiger charge is -2.30. The Morgan fingerprint density at radius 1 is 1.29 bits per heavy atom. The molecular formula is C15H22FN. The Hall–Kier alpha value is -0.890. The molecule has 0 saturated heterocycles. The normalized spacial score (nSPS) is 19.7. The molecule has 0 aromatic heterocycles. The van der Waals surface area contributed by atoms with Crippen molar-refractivity contribution in [3.63, 3.8) is 0 Å². The molecule has 0 amide bonds. The number of rotatable bonds is 5. The minimum absolute atomic E-state index is 0.0891. The van der Waals surface area contributed by atoms with Crippen molar-refractivity contribution >= 4 is 0 Å². The molecule has 0 aliphatic heterocycles. The van der Waals surface area contributed by atoms with Gasteiger partial charge in [0.2, 0.25) is 0 Å². The van der Waals surface area contributed by atoms with Crippen molar-refractivity contribution in [2.24, 2.45) is 5.92 Å². The minimum atomic E-state index is -0.108. The van der Waals surface area contributed by atoms with E-state index >= 15 is 0 Å². The molecule has 0 heterocycles. The summed E-state index contributed by atoms with van der Waals surface area (Å²) in [6.45, 7) is 4.24. The molecular weight excluding hydrogens is 213 g/mol. The van der Waals surface area contributed by atoms with Crippen LogP contribution in [-0.4, -0.2) is 6.04 Å². The standard InChI is InChI=1S/C15H22FN/c1-11(10-13-6-5-7-13)17-12(2)14-8-3-4-9-15(14)16/h3-4,8-9,11-13,17H,5-7,10H2,1-2H3. The monoisotopic (exact) mass is 235 g/mol. The second-order valence-corrected chi connectivity index (χ2v) is 5.34. The zero-order valence-electron chi connectivity index (χ0n) is 10.7. The van der Waals surface area contributed by atoms with E-state index in [-0.39, 0.29) is 11.9 Å². The molecule has 94 valence electrons. The summed E-state index contributed by atoms with van der Waals surface area (Å²) >= 11 is 0. The molecule has 1 aromatic rings. The third-order valence-corrected chi connectivity index (χ3v) is 3.82. The molecule has 2 rings (SSSR count). The van der Waals surface area contributed by atoms with Gasteiger partial charge >= 0.3 is 0 Å². The van der Waals surface area contributed by atoms with Crippen molar-refractivity contribution < 1.29 is 4.39 Å². The van der Waals surface area contributed by atoms with Crippen LogP contribution in [0, 0.1) is 11.7 Å². The molecule has 1 saturated carbocycles. The summed E-state index contributed by atoms with van der Waals surface area (Å²) in [5, 5.41) is 3.50. The molecule has 1 nitrogen and oxygen atoms in total. The predicted octanol–water partition coefficient (Wildman–Crippen LogP) is 4.06. The third-order valence-electron chi connectivity index (χ3n) is 3.82. The van der Waals surface area contributed by atoms with Crippen molar-refractivity contribution in [2.45, 2.75) is 51.6 Å². The summed E-state index contributed by atoms with van der Waals surface area (Å²) < 4.78 is 13.6. The van der Waals surface area contributed by atoms with Gasteiger partial charge < -0.3 is 5.32 Å². The van der Waals surface area contributed by atoms with Gasteiger partial charge in [-0.15, -0.1) is 0 Å². The lowest BCUT2D eigenvalue weighted by molar-refractivity contribution is 0.259. The first-order valence-corrected chi connectivity index (χ1v) is 6.67. The number of nitrogens with one attached hydrogen (secondary N) is 1.